The quantitative estimate of drug-likeness (QED) is 0.0380. The Hall–Kier alpha value is -11.6. The van der Waals surface area contributed by atoms with Gasteiger partial charge in [0.15, 0.2) is 46.5 Å². The fourth-order valence-corrected chi connectivity index (χ4v) is 9.87. The standard InChI is InChI=1S/C59H66N22O9/c1-75(2)21-10-18-60-45(82)16-19-63-57(88)41-25-35(29-78(41)5)66-58(89)42-26-33(27-79(42)6)64-54(85)32-12-14-37-39(23-32)69-49(67-37)51-71-43(30-80(51)7)70-46(83)11-9-17-62-56(87)40-24-34(28-77(40)4)65-55(86)36-13-15-38-47(48(36)84)74-50(68-38)52-72-44(31-81(52)8)73-59(90)53-61-20-22-76(53)3/h12-15,20,22-31,84H,9-11,16-19,21H2,1-8H3,(H,60,82)(H,62,87)(H,63,88)(H,64,85)(H,65,86)(H,66,89)(H,67,69)(H,68,74)(H,70,83)(H,73,90). The first kappa shape index (κ1) is 61.5. The number of rotatable bonds is 24. The zero-order chi connectivity index (χ0) is 64.1. The fraction of sp³-hybridized carbons (Fsp3) is 0.271. The summed E-state index contributed by atoms with van der Waals surface area (Å²) in [5.41, 5.74) is 3.62. The molecule has 0 saturated heterocycles. The number of aryl methyl sites for hydroxylation is 6. The van der Waals surface area contributed by atoms with E-state index in [4.69, 9.17) is 0 Å². The molecule has 11 N–H and O–H groups in total. The molecule has 0 atom stereocenters. The number of imidazole rings is 5. The van der Waals surface area contributed by atoms with Gasteiger partial charge in [-0.15, -0.1) is 0 Å². The lowest BCUT2D eigenvalue weighted by atomic mass is 10.1. The van der Waals surface area contributed by atoms with E-state index in [1.165, 1.54) is 35.0 Å². The summed E-state index contributed by atoms with van der Waals surface area (Å²) in [5, 5.41) is 33.5. The van der Waals surface area contributed by atoms with E-state index in [1.807, 2.05) is 19.0 Å². The lowest BCUT2D eigenvalue weighted by molar-refractivity contribution is -0.121. The Morgan fingerprint density at radius 1 is 0.511 bits per heavy atom. The summed E-state index contributed by atoms with van der Waals surface area (Å²) in [6.07, 6.45) is 12.4. The number of anilines is 5. The molecule has 8 amide bonds. The third kappa shape index (κ3) is 13.9. The topological polar surface area (TPSA) is 382 Å². The van der Waals surface area contributed by atoms with Gasteiger partial charge in [-0.25, -0.2) is 24.9 Å². The first-order valence-corrected chi connectivity index (χ1v) is 28.3. The zero-order valence-corrected chi connectivity index (χ0v) is 50.4. The molecule has 2 aromatic carbocycles. The second-order valence-electron chi connectivity index (χ2n) is 21.7. The average Bonchev–Trinajstić information content (AvgIpc) is 1.78. The van der Waals surface area contributed by atoms with Crippen LogP contribution in [0.25, 0.3) is 45.4 Å². The molecular formula is C59H66N22O9. The number of carbonyl (C=O) groups excluding carboxylic acids is 8. The smallest absolute Gasteiger partial charge is 0.292 e. The number of amides is 8. The summed E-state index contributed by atoms with van der Waals surface area (Å²) in [5.74, 6) is -1.66. The largest absolute Gasteiger partial charge is 0.505 e. The number of hydrogen-bond donors (Lipinski definition) is 11. The van der Waals surface area contributed by atoms with Crippen molar-refractivity contribution in [3.05, 3.63) is 126 Å². The van der Waals surface area contributed by atoms with Gasteiger partial charge in [-0.05, 0) is 82.0 Å². The molecule has 0 aliphatic rings. The summed E-state index contributed by atoms with van der Waals surface area (Å²) in [6.45, 7) is 1.69. The van der Waals surface area contributed by atoms with E-state index >= 15 is 0 Å². The summed E-state index contributed by atoms with van der Waals surface area (Å²) < 4.78 is 9.55. The van der Waals surface area contributed by atoms with Crippen LogP contribution >= 0.6 is 0 Å². The van der Waals surface area contributed by atoms with Crippen molar-refractivity contribution < 1.29 is 43.5 Å². The molecule has 10 aromatic rings. The first-order chi connectivity index (χ1) is 43.0. The molecule has 0 aliphatic carbocycles. The molecule has 31 heteroatoms. The van der Waals surface area contributed by atoms with Gasteiger partial charge >= 0.3 is 0 Å². The number of fused-ring (bicyclic) bond motifs is 2. The van der Waals surface area contributed by atoms with Crippen LogP contribution < -0.4 is 42.5 Å². The average molecular weight is 1230 g/mol. The van der Waals surface area contributed by atoms with Crippen molar-refractivity contribution >= 4 is 98.0 Å². The zero-order valence-electron chi connectivity index (χ0n) is 50.4. The maximum atomic E-state index is 13.5. The number of nitrogens with zero attached hydrogens (tertiary/aromatic N) is 12. The van der Waals surface area contributed by atoms with E-state index in [0.29, 0.717) is 57.5 Å². The normalized spacial score (nSPS) is 11.3. The van der Waals surface area contributed by atoms with Gasteiger partial charge in [-0.2, -0.15) is 0 Å². The Bertz CT molecular complexity index is 4430. The summed E-state index contributed by atoms with van der Waals surface area (Å²) in [6, 6.07) is 12.4. The van der Waals surface area contributed by atoms with Gasteiger partial charge in [-0.1, -0.05) is 0 Å². The predicted octanol–water partition coefficient (Wildman–Crippen LogP) is 4.04. The molecule has 0 bridgehead atoms. The second-order valence-corrected chi connectivity index (χ2v) is 21.7. The third-order valence-electron chi connectivity index (χ3n) is 14.4. The molecule has 0 saturated carbocycles. The van der Waals surface area contributed by atoms with Crippen LogP contribution in [0.3, 0.4) is 0 Å². The highest BCUT2D eigenvalue weighted by Crippen LogP contribution is 2.31. The lowest BCUT2D eigenvalue weighted by Gasteiger charge is -2.10. The maximum Gasteiger partial charge on any atom is 0.292 e. The number of hydrogen-bond acceptors (Lipinski definition) is 15. The van der Waals surface area contributed by atoms with Gasteiger partial charge < -0.3 is 89.9 Å². The van der Waals surface area contributed by atoms with Gasteiger partial charge in [0.2, 0.25) is 11.8 Å². The highest BCUT2D eigenvalue weighted by atomic mass is 16.3. The molecule has 0 spiro atoms. The van der Waals surface area contributed by atoms with Gasteiger partial charge in [0, 0.05) is 124 Å². The van der Waals surface area contributed by atoms with Crippen LogP contribution in [-0.2, 0) is 51.9 Å². The second kappa shape index (κ2) is 26.1. The maximum absolute atomic E-state index is 13.5. The first-order valence-electron chi connectivity index (χ1n) is 28.3. The number of phenolic OH excluding ortho intramolecular Hbond substituents is 1. The molecule has 0 radical (unpaired) electrons. The van der Waals surface area contributed by atoms with E-state index in [1.54, 1.807) is 127 Å². The van der Waals surface area contributed by atoms with Crippen LogP contribution in [-0.4, -0.2) is 160 Å². The van der Waals surface area contributed by atoms with E-state index in [-0.39, 0.29) is 107 Å². The van der Waals surface area contributed by atoms with Crippen LogP contribution in [0.2, 0.25) is 0 Å². The summed E-state index contributed by atoms with van der Waals surface area (Å²) >= 11 is 0. The number of nitrogens with one attached hydrogen (secondary N) is 10. The van der Waals surface area contributed by atoms with Crippen LogP contribution in [0.15, 0.2) is 91.9 Å². The van der Waals surface area contributed by atoms with Crippen molar-refractivity contribution in [2.24, 2.45) is 42.3 Å². The predicted molar refractivity (Wildman–Crippen MR) is 333 cm³/mol. The number of carbonyl (C=O) groups is 8. The van der Waals surface area contributed by atoms with Crippen molar-refractivity contribution in [2.75, 3.05) is 66.9 Å². The van der Waals surface area contributed by atoms with E-state index < -0.39 is 35.4 Å². The monoisotopic (exact) mass is 1230 g/mol. The Labute approximate surface area is 512 Å². The molecule has 0 aliphatic heterocycles. The molecule has 90 heavy (non-hydrogen) atoms. The molecule has 466 valence electrons. The van der Waals surface area contributed by atoms with E-state index in [9.17, 15) is 43.5 Å². The summed E-state index contributed by atoms with van der Waals surface area (Å²) in [4.78, 5) is 135. The van der Waals surface area contributed by atoms with Gasteiger partial charge in [-0.3, -0.25) is 38.4 Å². The molecule has 0 fully saturated rings. The lowest BCUT2D eigenvalue weighted by Crippen LogP contribution is -2.32. The van der Waals surface area contributed by atoms with Crippen molar-refractivity contribution in [1.29, 1.82) is 0 Å². The van der Waals surface area contributed by atoms with Crippen molar-refractivity contribution in [3.63, 3.8) is 0 Å². The molecular weight excluding hydrogens is 1160 g/mol. The molecule has 31 nitrogen and oxygen atoms in total. The van der Waals surface area contributed by atoms with Gasteiger partial charge in [0.1, 0.15) is 22.6 Å². The molecule has 8 heterocycles. The molecule has 0 unspecified atom stereocenters. The van der Waals surface area contributed by atoms with Crippen molar-refractivity contribution in [3.8, 4) is 29.0 Å². The Morgan fingerprint density at radius 3 is 1.69 bits per heavy atom. The van der Waals surface area contributed by atoms with Crippen LogP contribution in [0.1, 0.15) is 88.5 Å². The van der Waals surface area contributed by atoms with Crippen LogP contribution in [0.5, 0.6) is 5.75 Å². The number of phenols is 1. The number of aromatic amines is 2. The van der Waals surface area contributed by atoms with Crippen LogP contribution in [0, 0.1) is 0 Å². The third-order valence-corrected chi connectivity index (χ3v) is 14.4. The Kier molecular flexibility index (Phi) is 17.9. The minimum absolute atomic E-state index is 0.0474. The Morgan fingerprint density at radius 2 is 1.07 bits per heavy atom. The minimum Gasteiger partial charge on any atom is -0.505 e. The highest BCUT2D eigenvalue weighted by molar-refractivity contribution is 6.11. The Balaban J connectivity index is 0.668. The van der Waals surface area contributed by atoms with Gasteiger partial charge in [0.05, 0.1) is 39.2 Å². The van der Waals surface area contributed by atoms with Crippen LogP contribution in [0.4, 0.5) is 28.7 Å². The van der Waals surface area contributed by atoms with Crippen molar-refractivity contribution in [2.45, 2.75) is 25.7 Å². The van der Waals surface area contributed by atoms with Gasteiger partial charge in [0.25, 0.3) is 35.4 Å². The fourth-order valence-electron chi connectivity index (χ4n) is 9.87. The van der Waals surface area contributed by atoms with Crippen molar-refractivity contribution in [1.82, 2.24) is 83.1 Å². The highest BCUT2D eigenvalue weighted by Gasteiger charge is 2.24. The minimum atomic E-state index is -0.652. The number of aromatic hydroxyl groups is 1. The number of aromatic nitrogens is 13. The SMILES string of the molecule is CN(C)CCCNC(=O)CCNC(=O)c1cc(NC(=O)c2cc(NC(=O)c3ccc4nc(-c5nc(NC(=O)CCCNC(=O)c6cc(NC(=O)c7ccc8nc(-c9nc(NC(=O)c%10nccn%10C)cn9C)[nH]c8c7O)cn6C)cn5C)[nH]c4c3)cn2C)cn1C. The van der Waals surface area contributed by atoms with E-state index in [2.05, 4.69) is 77.4 Å². The number of H-pyrrole nitrogens is 2. The molecule has 8 aromatic heterocycles. The molecule has 10 rings (SSSR count). The van der Waals surface area contributed by atoms with E-state index in [0.717, 1.165) is 13.0 Å². The number of benzene rings is 2. The summed E-state index contributed by atoms with van der Waals surface area (Å²) in [7, 11) is 14.0.